The van der Waals surface area contributed by atoms with Crippen molar-refractivity contribution >= 4 is 0 Å². The molecule has 0 radical (unpaired) electrons. The maximum absolute atomic E-state index is 9.53. The van der Waals surface area contributed by atoms with Gasteiger partial charge in [0.25, 0.3) is 0 Å². The van der Waals surface area contributed by atoms with Crippen molar-refractivity contribution in [1.29, 1.82) is 0 Å². The SMILES string of the molecule is Cn1nccc1CCN1CCCC(O)C1. The lowest BCUT2D eigenvalue weighted by Gasteiger charge is -2.29. The highest BCUT2D eigenvalue weighted by Gasteiger charge is 2.17. The Morgan fingerprint density at radius 3 is 3.13 bits per heavy atom. The second-order valence-electron chi connectivity index (χ2n) is 4.29. The fourth-order valence-corrected chi connectivity index (χ4v) is 2.15. The maximum Gasteiger partial charge on any atom is 0.0667 e. The highest BCUT2D eigenvalue weighted by atomic mass is 16.3. The van der Waals surface area contributed by atoms with Gasteiger partial charge in [-0.25, -0.2) is 0 Å². The maximum atomic E-state index is 9.53. The van der Waals surface area contributed by atoms with Crippen molar-refractivity contribution in [3.8, 4) is 0 Å². The molecule has 1 saturated heterocycles. The molecule has 0 aromatic carbocycles. The number of aryl methyl sites for hydroxylation is 1. The molecule has 0 amide bonds. The Kier molecular flexibility index (Phi) is 3.38. The Morgan fingerprint density at radius 1 is 1.60 bits per heavy atom. The van der Waals surface area contributed by atoms with Crippen molar-refractivity contribution in [3.63, 3.8) is 0 Å². The Hall–Kier alpha value is -0.870. The largest absolute Gasteiger partial charge is 0.392 e. The Bertz CT molecular complexity index is 311. The molecular formula is C11H19N3O. The first kappa shape index (κ1) is 10.6. The molecule has 1 unspecified atom stereocenters. The topological polar surface area (TPSA) is 41.3 Å². The number of hydrogen-bond donors (Lipinski definition) is 1. The lowest BCUT2D eigenvalue weighted by molar-refractivity contribution is 0.0711. The fourth-order valence-electron chi connectivity index (χ4n) is 2.15. The van der Waals surface area contributed by atoms with Gasteiger partial charge >= 0.3 is 0 Å². The van der Waals surface area contributed by atoms with E-state index < -0.39 is 0 Å². The number of aliphatic hydroxyl groups is 1. The number of rotatable bonds is 3. The molecule has 1 atom stereocenters. The van der Waals surface area contributed by atoms with Crippen LogP contribution in [0.2, 0.25) is 0 Å². The summed E-state index contributed by atoms with van der Waals surface area (Å²) in [4.78, 5) is 2.33. The molecule has 4 nitrogen and oxygen atoms in total. The van der Waals surface area contributed by atoms with Gasteiger partial charge in [-0.2, -0.15) is 5.10 Å². The second-order valence-corrected chi connectivity index (χ2v) is 4.29. The molecule has 0 saturated carbocycles. The molecule has 2 heterocycles. The van der Waals surface area contributed by atoms with Crippen LogP contribution >= 0.6 is 0 Å². The number of likely N-dealkylation sites (tertiary alicyclic amines) is 1. The first-order chi connectivity index (χ1) is 7.25. The van der Waals surface area contributed by atoms with E-state index in [1.807, 2.05) is 17.9 Å². The van der Waals surface area contributed by atoms with E-state index >= 15 is 0 Å². The zero-order valence-corrected chi connectivity index (χ0v) is 9.26. The fraction of sp³-hybridized carbons (Fsp3) is 0.727. The average molecular weight is 209 g/mol. The summed E-state index contributed by atoms with van der Waals surface area (Å²) in [6.45, 7) is 2.98. The molecule has 1 aliphatic rings. The van der Waals surface area contributed by atoms with E-state index in [-0.39, 0.29) is 6.10 Å². The lowest BCUT2D eigenvalue weighted by Crippen LogP contribution is -2.39. The lowest BCUT2D eigenvalue weighted by atomic mass is 10.1. The molecule has 2 rings (SSSR count). The van der Waals surface area contributed by atoms with Crippen LogP contribution < -0.4 is 0 Å². The highest BCUT2D eigenvalue weighted by Crippen LogP contribution is 2.10. The van der Waals surface area contributed by atoms with Gasteiger partial charge in [-0.05, 0) is 25.5 Å². The van der Waals surface area contributed by atoms with Gasteiger partial charge in [0.15, 0.2) is 0 Å². The van der Waals surface area contributed by atoms with Crippen LogP contribution in [0.3, 0.4) is 0 Å². The molecule has 84 valence electrons. The number of aliphatic hydroxyl groups excluding tert-OH is 1. The van der Waals surface area contributed by atoms with E-state index in [2.05, 4.69) is 16.1 Å². The number of nitrogens with zero attached hydrogens (tertiary/aromatic N) is 3. The average Bonchev–Trinajstić information content (AvgIpc) is 2.61. The van der Waals surface area contributed by atoms with Gasteiger partial charge in [0.2, 0.25) is 0 Å². The third-order valence-electron chi connectivity index (χ3n) is 3.09. The minimum absolute atomic E-state index is 0.120. The molecule has 1 aromatic heterocycles. The molecule has 1 fully saturated rings. The summed E-state index contributed by atoms with van der Waals surface area (Å²) >= 11 is 0. The van der Waals surface area contributed by atoms with Crippen LogP contribution in [-0.2, 0) is 13.5 Å². The predicted octanol–water partition coefficient (Wildman–Crippen LogP) is 0.419. The van der Waals surface area contributed by atoms with Gasteiger partial charge in [0.05, 0.1) is 6.10 Å². The predicted molar refractivity (Wildman–Crippen MR) is 58.6 cm³/mol. The third-order valence-corrected chi connectivity index (χ3v) is 3.09. The minimum atomic E-state index is -0.120. The third kappa shape index (κ3) is 2.79. The van der Waals surface area contributed by atoms with Crippen molar-refractivity contribution in [2.45, 2.75) is 25.4 Å². The van der Waals surface area contributed by atoms with Gasteiger partial charge < -0.3 is 10.0 Å². The van der Waals surface area contributed by atoms with Crippen LogP contribution in [0.1, 0.15) is 18.5 Å². The van der Waals surface area contributed by atoms with Crippen LogP contribution in [-0.4, -0.2) is 45.5 Å². The van der Waals surface area contributed by atoms with Gasteiger partial charge in [-0.15, -0.1) is 0 Å². The molecular weight excluding hydrogens is 190 g/mol. The van der Waals surface area contributed by atoms with E-state index in [1.54, 1.807) is 0 Å². The van der Waals surface area contributed by atoms with E-state index in [0.717, 1.165) is 38.9 Å². The Morgan fingerprint density at radius 2 is 2.47 bits per heavy atom. The second kappa shape index (κ2) is 4.77. The van der Waals surface area contributed by atoms with Crippen LogP contribution in [0.25, 0.3) is 0 Å². The van der Waals surface area contributed by atoms with Crippen molar-refractivity contribution < 1.29 is 5.11 Å². The van der Waals surface area contributed by atoms with Gasteiger partial charge in [0, 0.05) is 38.4 Å². The Labute approximate surface area is 90.5 Å². The number of hydrogen-bond acceptors (Lipinski definition) is 3. The van der Waals surface area contributed by atoms with Gasteiger partial charge in [-0.1, -0.05) is 0 Å². The summed E-state index contributed by atoms with van der Waals surface area (Å²) in [5.41, 5.74) is 1.26. The quantitative estimate of drug-likeness (QED) is 0.784. The minimum Gasteiger partial charge on any atom is -0.392 e. The van der Waals surface area contributed by atoms with E-state index in [1.165, 1.54) is 5.69 Å². The van der Waals surface area contributed by atoms with Crippen molar-refractivity contribution in [2.75, 3.05) is 19.6 Å². The zero-order chi connectivity index (χ0) is 10.7. The number of piperidine rings is 1. The summed E-state index contributed by atoms with van der Waals surface area (Å²) < 4.78 is 1.92. The van der Waals surface area contributed by atoms with E-state index in [4.69, 9.17) is 0 Å². The Balaban J connectivity index is 1.80. The molecule has 0 bridgehead atoms. The summed E-state index contributed by atoms with van der Waals surface area (Å²) in [6.07, 6.45) is 4.81. The molecule has 4 heteroatoms. The van der Waals surface area contributed by atoms with Crippen molar-refractivity contribution in [1.82, 2.24) is 14.7 Å². The molecule has 1 aliphatic heterocycles. The van der Waals surface area contributed by atoms with Crippen LogP contribution in [0.5, 0.6) is 0 Å². The monoisotopic (exact) mass is 209 g/mol. The smallest absolute Gasteiger partial charge is 0.0667 e. The normalized spacial score (nSPS) is 23.2. The van der Waals surface area contributed by atoms with Gasteiger partial charge in [0.1, 0.15) is 0 Å². The molecule has 1 aromatic rings. The summed E-state index contributed by atoms with van der Waals surface area (Å²) in [5, 5.41) is 13.7. The van der Waals surface area contributed by atoms with Gasteiger partial charge in [-0.3, -0.25) is 4.68 Å². The number of aromatic nitrogens is 2. The highest BCUT2D eigenvalue weighted by molar-refractivity contribution is 5.00. The molecule has 0 aliphatic carbocycles. The number of β-amino-alcohol motifs (C(OH)–C–C–N with tert-alkyl or cyclic N) is 1. The van der Waals surface area contributed by atoms with Crippen molar-refractivity contribution in [3.05, 3.63) is 18.0 Å². The summed E-state index contributed by atoms with van der Waals surface area (Å²) in [6, 6.07) is 2.06. The zero-order valence-electron chi connectivity index (χ0n) is 9.26. The van der Waals surface area contributed by atoms with E-state index in [9.17, 15) is 5.11 Å². The summed E-state index contributed by atoms with van der Waals surface area (Å²) in [5.74, 6) is 0. The molecule has 1 N–H and O–H groups in total. The standard InChI is InChI=1S/C11H19N3O/c1-13-10(4-6-12-13)5-8-14-7-2-3-11(15)9-14/h4,6,11,15H,2-3,5,7-9H2,1H3. The molecule has 15 heavy (non-hydrogen) atoms. The first-order valence-corrected chi connectivity index (χ1v) is 5.63. The van der Waals surface area contributed by atoms with Crippen LogP contribution in [0.4, 0.5) is 0 Å². The summed E-state index contributed by atoms with van der Waals surface area (Å²) in [7, 11) is 1.97. The first-order valence-electron chi connectivity index (χ1n) is 5.63. The van der Waals surface area contributed by atoms with Crippen LogP contribution in [0.15, 0.2) is 12.3 Å². The van der Waals surface area contributed by atoms with Crippen molar-refractivity contribution in [2.24, 2.45) is 7.05 Å². The van der Waals surface area contributed by atoms with E-state index in [0.29, 0.717) is 0 Å². The van der Waals surface area contributed by atoms with Crippen LogP contribution in [0, 0.1) is 0 Å². The molecule has 0 spiro atoms.